The first-order valence-electron chi connectivity index (χ1n) is 5.28. The smallest absolute Gasteiger partial charge is 0.299 e. The van der Waals surface area contributed by atoms with Crippen molar-refractivity contribution in [2.24, 2.45) is 11.8 Å². The van der Waals surface area contributed by atoms with Crippen molar-refractivity contribution in [3.8, 4) is 0 Å². The Bertz CT molecular complexity index is 176. The van der Waals surface area contributed by atoms with E-state index in [2.05, 4.69) is 0 Å². The molecule has 0 aliphatic heterocycles. The molecule has 0 heterocycles. The van der Waals surface area contributed by atoms with Crippen molar-refractivity contribution in [2.75, 3.05) is 0 Å². The monoisotopic (exact) mass is 200 g/mol. The maximum absolute atomic E-state index is 11.0. The van der Waals surface area contributed by atoms with Crippen LogP contribution in [0.15, 0.2) is 0 Å². The highest BCUT2D eigenvalue weighted by atomic mass is 16.4. The van der Waals surface area contributed by atoms with Crippen LogP contribution in [0.4, 0.5) is 4.79 Å². The standard InChI is InChI=1S/C11H22NO2/c1-7(2)9(5)12(11(13)14)10(6)8(3)4/h7-10H,1-6H3. The molecule has 0 rings (SSSR count). The number of amides is 1. The van der Waals surface area contributed by atoms with Crippen molar-refractivity contribution in [3.05, 3.63) is 0 Å². The van der Waals surface area contributed by atoms with E-state index in [1.54, 1.807) is 0 Å². The van der Waals surface area contributed by atoms with Crippen molar-refractivity contribution < 1.29 is 9.90 Å². The number of nitrogens with zero attached hydrogens (tertiary/aromatic N) is 1. The van der Waals surface area contributed by atoms with E-state index < -0.39 is 6.09 Å². The Kier molecular flexibility index (Phi) is 4.95. The van der Waals surface area contributed by atoms with Crippen LogP contribution in [-0.2, 0) is 5.11 Å². The molecule has 0 aliphatic carbocycles. The summed E-state index contributed by atoms with van der Waals surface area (Å²) in [5.41, 5.74) is 0. The lowest BCUT2D eigenvalue weighted by atomic mass is 9.98. The SMILES string of the molecule is CC(C)C(C)N(C([O])=O)C(C)C(C)C. The van der Waals surface area contributed by atoms with Crippen LogP contribution in [0.25, 0.3) is 0 Å². The van der Waals surface area contributed by atoms with E-state index in [0.717, 1.165) is 0 Å². The van der Waals surface area contributed by atoms with Crippen LogP contribution in [0.3, 0.4) is 0 Å². The van der Waals surface area contributed by atoms with Crippen LogP contribution in [0.2, 0.25) is 0 Å². The molecule has 0 aromatic carbocycles. The van der Waals surface area contributed by atoms with Gasteiger partial charge in [0.2, 0.25) is 0 Å². The van der Waals surface area contributed by atoms with Gasteiger partial charge in [0.1, 0.15) is 0 Å². The molecule has 0 aromatic heterocycles. The molecule has 14 heavy (non-hydrogen) atoms. The molecule has 3 heteroatoms. The normalized spacial score (nSPS) is 15.7. The van der Waals surface area contributed by atoms with Gasteiger partial charge in [0, 0.05) is 12.1 Å². The Hall–Kier alpha value is -0.730. The topological polar surface area (TPSA) is 40.2 Å². The Morgan fingerprint density at radius 3 is 1.29 bits per heavy atom. The van der Waals surface area contributed by atoms with Crippen LogP contribution in [-0.4, -0.2) is 23.1 Å². The van der Waals surface area contributed by atoms with Gasteiger partial charge in [-0.3, -0.25) is 4.90 Å². The van der Waals surface area contributed by atoms with Crippen LogP contribution in [0, 0.1) is 11.8 Å². The third-order valence-electron chi connectivity index (χ3n) is 3.02. The van der Waals surface area contributed by atoms with Crippen LogP contribution in [0.1, 0.15) is 41.5 Å². The third kappa shape index (κ3) is 3.20. The zero-order valence-corrected chi connectivity index (χ0v) is 10.1. The molecule has 0 spiro atoms. The average Bonchev–Trinajstić information content (AvgIpc) is 2.03. The summed E-state index contributed by atoms with van der Waals surface area (Å²) in [6.45, 7) is 11.9. The van der Waals surface area contributed by atoms with E-state index in [0.29, 0.717) is 11.8 Å². The lowest BCUT2D eigenvalue weighted by molar-refractivity contribution is 0.0608. The summed E-state index contributed by atoms with van der Waals surface area (Å²) < 4.78 is 0. The first-order chi connectivity index (χ1) is 6.29. The molecule has 3 nitrogen and oxygen atoms in total. The maximum Gasteiger partial charge on any atom is 0.453 e. The molecular formula is C11H22NO2. The highest BCUT2D eigenvalue weighted by Crippen LogP contribution is 2.18. The summed E-state index contributed by atoms with van der Waals surface area (Å²) in [7, 11) is 0. The number of rotatable bonds is 4. The third-order valence-corrected chi connectivity index (χ3v) is 3.02. The van der Waals surface area contributed by atoms with Crippen molar-refractivity contribution >= 4 is 6.09 Å². The second-order valence-corrected chi connectivity index (χ2v) is 4.64. The predicted molar refractivity (Wildman–Crippen MR) is 56.5 cm³/mol. The minimum absolute atomic E-state index is 0.0115. The van der Waals surface area contributed by atoms with E-state index >= 15 is 0 Å². The van der Waals surface area contributed by atoms with E-state index in [1.165, 1.54) is 4.90 Å². The van der Waals surface area contributed by atoms with E-state index in [1.807, 2.05) is 41.5 Å². The molecule has 0 saturated carbocycles. The summed E-state index contributed by atoms with van der Waals surface area (Å²) in [6, 6.07) is 0.0230. The summed E-state index contributed by atoms with van der Waals surface area (Å²) in [5.74, 6) is 0.628. The van der Waals surface area contributed by atoms with Gasteiger partial charge in [-0.2, -0.15) is 0 Å². The van der Waals surface area contributed by atoms with Gasteiger partial charge in [0.25, 0.3) is 0 Å². The number of hydrogen-bond acceptors (Lipinski definition) is 1. The molecule has 1 radical (unpaired) electrons. The fraction of sp³-hybridized carbons (Fsp3) is 0.909. The highest BCUT2D eigenvalue weighted by molar-refractivity contribution is 5.65. The molecular weight excluding hydrogens is 178 g/mol. The van der Waals surface area contributed by atoms with Crippen LogP contribution >= 0.6 is 0 Å². The Balaban J connectivity index is 4.68. The van der Waals surface area contributed by atoms with Gasteiger partial charge < -0.3 is 0 Å². The van der Waals surface area contributed by atoms with E-state index in [-0.39, 0.29) is 12.1 Å². The van der Waals surface area contributed by atoms with Crippen molar-refractivity contribution in [3.63, 3.8) is 0 Å². The molecule has 2 unspecified atom stereocenters. The van der Waals surface area contributed by atoms with Gasteiger partial charge in [-0.05, 0) is 25.7 Å². The van der Waals surface area contributed by atoms with Gasteiger partial charge in [-0.25, -0.2) is 9.90 Å². The van der Waals surface area contributed by atoms with Crippen LogP contribution in [0.5, 0.6) is 0 Å². The first kappa shape index (κ1) is 13.3. The fourth-order valence-corrected chi connectivity index (χ4v) is 1.35. The summed E-state index contributed by atoms with van der Waals surface area (Å²) in [6.07, 6.45) is -1.06. The molecule has 0 aromatic rings. The van der Waals surface area contributed by atoms with Gasteiger partial charge in [-0.1, -0.05) is 27.7 Å². The molecule has 1 amide bonds. The van der Waals surface area contributed by atoms with Crippen molar-refractivity contribution in [1.29, 1.82) is 0 Å². The molecule has 0 N–H and O–H groups in total. The predicted octanol–water partition coefficient (Wildman–Crippen LogP) is 2.93. The quantitative estimate of drug-likeness (QED) is 0.687. The number of carbonyl (C=O) groups excluding carboxylic acids is 1. The van der Waals surface area contributed by atoms with Gasteiger partial charge in [0.05, 0.1) is 0 Å². The van der Waals surface area contributed by atoms with Crippen molar-refractivity contribution in [2.45, 2.75) is 53.6 Å². The molecule has 83 valence electrons. The number of hydrogen-bond donors (Lipinski definition) is 0. The second kappa shape index (κ2) is 5.23. The molecule has 0 saturated heterocycles. The van der Waals surface area contributed by atoms with Gasteiger partial charge in [-0.15, -0.1) is 0 Å². The van der Waals surface area contributed by atoms with Gasteiger partial charge >= 0.3 is 6.09 Å². The molecule has 2 atom stereocenters. The minimum Gasteiger partial charge on any atom is -0.299 e. The average molecular weight is 200 g/mol. The van der Waals surface area contributed by atoms with Gasteiger partial charge in [0.15, 0.2) is 0 Å². The van der Waals surface area contributed by atoms with Crippen molar-refractivity contribution in [1.82, 2.24) is 4.90 Å². The largest absolute Gasteiger partial charge is 0.453 e. The Morgan fingerprint density at radius 2 is 1.14 bits per heavy atom. The molecule has 0 fully saturated rings. The summed E-state index contributed by atoms with van der Waals surface area (Å²) in [4.78, 5) is 12.5. The molecule has 0 bridgehead atoms. The zero-order valence-electron chi connectivity index (χ0n) is 10.1. The first-order valence-corrected chi connectivity index (χ1v) is 5.28. The lowest BCUT2D eigenvalue weighted by Gasteiger charge is -2.35. The summed E-state index contributed by atoms with van der Waals surface area (Å²) >= 11 is 0. The van der Waals surface area contributed by atoms with E-state index in [4.69, 9.17) is 0 Å². The maximum atomic E-state index is 11.0. The minimum atomic E-state index is -1.06. The number of carbonyl (C=O) groups is 1. The van der Waals surface area contributed by atoms with E-state index in [9.17, 15) is 9.90 Å². The Morgan fingerprint density at radius 1 is 0.857 bits per heavy atom. The highest BCUT2D eigenvalue weighted by Gasteiger charge is 2.29. The lowest BCUT2D eigenvalue weighted by Crippen LogP contribution is -2.47. The zero-order chi connectivity index (χ0) is 11.5. The second-order valence-electron chi connectivity index (χ2n) is 4.64. The molecule has 0 aliphatic rings. The Labute approximate surface area is 87.1 Å². The fourth-order valence-electron chi connectivity index (χ4n) is 1.35. The summed E-state index contributed by atoms with van der Waals surface area (Å²) in [5, 5.41) is 11.0. The van der Waals surface area contributed by atoms with Crippen LogP contribution < -0.4 is 0 Å².